The van der Waals surface area contributed by atoms with E-state index in [2.05, 4.69) is 6.58 Å². The smallest absolute Gasteiger partial charge is 0.256 e. The second-order valence-electron chi connectivity index (χ2n) is 7.99. The van der Waals surface area contributed by atoms with Crippen molar-refractivity contribution in [3.8, 4) is 11.5 Å². The molecule has 1 saturated heterocycles. The van der Waals surface area contributed by atoms with Crippen LogP contribution in [0.2, 0.25) is 0 Å². The summed E-state index contributed by atoms with van der Waals surface area (Å²) in [4.78, 5) is 15.0. The van der Waals surface area contributed by atoms with E-state index in [1.165, 1.54) is 24.3 Å². The third-order valence-corrected chi connectivity index (χ3v) is 5.65. The molecule has 1 fully saturated rings. The molecule has 3 N–H and O–H groups in total. The molecular weight excluding hydrogens is 446 g/mol. The number of hydrazine groups is 1. The molecule has 0 saturated carbocycles. The van der Waals surface area contributed by atoms with E-state index < -0.39 is 6.23 Å². The summed E-state index contributed by atoms with van der Waals surface area (Å²) in [5.41, 5.74) is 1.63. The second-order valence-corrected chi connectivity index (χ2v) is 7.99. The molecule has 0 aliphatic carbocycles. The van der Waals surface area contributed by atoms with E-state index in [-0.39, 0.29) is 30.1 Å². The molecule has 2 atom stereocenters. The lowest BCUT2D eigenvalue weighted by atomic mass is 10.1. The fourth-order valence-electron chi connectivity index (χ4n) is 3.99. The number of hydrogen-bond acceptors (Lipinski definition) is 10. The van der Waals surface area contributed by atoms with Crippen LogP contribution in [0.15, 0.2) is 24.3 Å². The van der Waals surface area contributed by atoms with Gasteiger partial charge in [-0.05, 0) is 12.5 Å². The van der Waals surface area contributed by atoms with Crippen LogP contribution in [0.4, 0.5) is 5.69 Å². The average Bonchev–Trinajstić information content (AvgIpc) is 3.19. The molecular formula is C23H35N3O8. The van der Waals surface area contributed by atoms with Gasteiger partial charge in [-0.1, -0.05) is 12.2 Å². The summed E-state index contributed by atoms with van der Waals surface area (Å²) in [6.07, 6.45) is -0.0659. The number of phenolic OH excluding ortho intramolecular Hbond substituents is 1. The van der Waals surface area contributed by atoms with Gasteiger partial charge < -0.3 is 38.4 Å². The highest BCUT2D eigenvalue weighted by Crippen LogP contribution is 2.40. The van der Waals surface area contributed by atoms with Crippen LogP contribution >= 0.6 is 0 Å². The maximum atomic E-state index is 13.3. The average molecular weight is 482 g/mol. The summed E-state index contributed by atoms with van der Waals surface area (Å²) in [7, 11) is 3.06. The van der Waals surface area contributed by atoms with Gasteiger partial charge >= 0.3 is 0 Å². The van der Waals surface area contributed by atoms with Gasteiger partial charge in [-0.25, -0.2) is 5.84 Å². The zero-order valence-electron chi connectivity index (χ0n) is 19.9. The van der Waals surface area contributed by atoms with Gasteiger partial charge in [0.05, 0.1) is 77.3 Å². The fourth-order valence-corrected chi connectivity index (χ4v) is 3.99. The van der Waals surface area contributed by atoms with Crippen LogP contribution in [-0.2, 0) is 23.7 Å². The summed E-state index contributed by atoms with van der Waals surface area (Å²) in [5, 5.41) is 11.6. The van der Waals surface area contributed by atoms with Crippen LogP contribution in [0.5, 0.6) is 11.5 Å². The lowest BCUT2D eigenvalue weighted by molar-refractivity contribution is -0.0377. The zero-order chi connectivity index (χ0) is 24.5. The van der Waals surface area contributed by atoms with E-state index >= 15 is 0 Å². The van der Waals surface area contributed by atoms with Gasteiger partial charge in [0.2, 0.25) is 0 Å². The third kappa shape index (κ3) is 6.38. The molecule has 34 heavy (non-hydrogen) atoms. The molecule has 0 spiro atoms. The highest BCUT2D eigenvalue weighted by Gasteiger charge is 2.44. The van der Waals surface area contributed by atoms with Crippen molar-refractivity contribution in [1.29, 1.82) is 0 Å². The van der Waals surface area contributed by atoms with Crippen molar-refractivity contribution in [2.75, 3.05) is 78.6 Å². The minimum atomic E-state index is -0.638. The molecule has 0 radical (unpaired) electrons. The highest BCUT2D eigenvalue weighted by molar-refractivity contribution is 6.02. The van der Waals surface area contributed by atoms with Crippen LogP contribution < -0.4 is 15.6 Å². The first-order chi connectivity index (χ1) is 16.5. The molecule has 0 aromatic heterocycles. The van der Waals surface area contributed by atoms with Crippen LogP contribution in [0.1, 0.15) is 16.8 Å². The quantitative estimate of drug-likeness (QED) is 0.225. The third-order valence-electron chi connectivity index (χ3n) is 5.65. The first-order valence-electron chi connectivity index (χ1n) is 11.2. The number of rotatable bonds is 14. The van der Waals surface area contributed by atoms with Gasteiger partial charge in [-0.2, -0.15) is 0 Å². The predicted octanol–water partition coefficient (Wildman–Crippen LogP) is 0.904. The number of phenols is 1. The van der Waals surface area contributed by atoms with Crippen molar-refractivity contribution in [3.05, 3.63) is 29.8 Å². The molecule has 11 heteroatoms. The Hall–Kier alpha value is -2.41. The van der Waals surface area contributed by atoms with E-state index in [4.69, 9.17) is 34.3 Å². The molecule has 3 rings (SSSR count). The number of aromatic hydroxyl groups is 1. The first kappa shape index (κ1) is 26.2. The number of anilines is 1. The number of carbonyl (C=O) groups is 1. The molecule has 2 heterocycles. The van der Waals surface area contributed by atoms with E-state index in [9.17, 15) is 9.90 Å². The summed E-state index contributed by atoms with van der Waals surface area (Å²) in [6, 6.07) is 2.61. The van der Waals surface area contributed by atoms with Crippen molar-refractivity contribution < 1.29 is 38.3 Å². The van der Waals surface area contributed by atoms with Crippen LogP contribution in [-0.4, -0.2) is 102 Å². The van der Waals surface area contributed by atoms with Crippen molar-refractivity contribution in [3.63, 3.8) is 0 Å². The number of carbonyl (C=O) groups excluding carboxylic acids is 1. The molecule has 0 bridgehead atoms. The minimum Gasteiger partial charge on any atom is -0.504 e. The van der Waals surface area contributed by atoms with Gasteiger partial charge in [-0.15, -0.1) is 0 Å². The Balaban J connectivity index is 1.52. The molecule has 2 aliphatic rings. The normalized spacial score (nSPS) is 19.9. The van der Waals surface area contributed by atoms with Gasteiger partial charge in [0.25, 0.3) is 5.91 Å². The summed E-state index contributed by atoms with van der Waals surface area (Å²) < 4.78 is 32.5. The number of ether oxygens (including phenoxy) is 6. The van der Waals surface area contributed by atoms with E-state index in [0.29, 0.717) is 70.5 Å². The number of hydrogen-bond donors (Lipinski definition) is 2. The Bertz CT molecular complexity index is 837. The van der Waals surface area contributed by atoms with Crippen molar-refractivity contribution >= 4 is 11.6 Å². The maximum Gasteiger partial charge on any atom is 0.256 e. The molecule has 1 amide bonds. The van der Waals surface area contributed by atoms with E-state index in [1.54, 1.807) is 12.0 Å². The predicted molar refractivity (Wildman–Crippen MR) is 124 cm³/mol. The van der Waals surface area contributed by atoms with Crippen molar-refractivity contribution in [2.45, 2.75) is 18.7 Å². The standard InChI is InChI=1S/C23H35N3O8/c1-16-12-19-23(34-11-10-33-9-8-32-7-6-31-5-4-29-2)26(24)18-14-20(27)21(30-3)13-17(18)22(28)25(19)15-16/h13-14,19,23,27H,1,4-12,15,24H2,2-3H3/t19-,23-/m0/s1. The lowest BCUT2D eigenvalue weighted by Crippen LogP contribution is -2.53. The van der Waals surface area contributed by atoms with Crippen LogP contribution in [0, 0.1) is 0 Å². The highest BCUT2D eigenvalue weighted by atomic mass is 16.6. The summed E-state index contributed by atoms with van der Waals surface area (Å²) >= 11 is 0. The van der Waals surface area contributed by atoms with Crippen molar-refractivity contribution in [1.82, 2.24) is 4.90 Å². The van der Waals surface area contributed by atoms with Gasteiger partial charge in [-0.3, -0.25) is 9.80 Å². The molecule has 190 valence electrons. The SMILES string of the molecule is C=C1C[C@H]2[C@H](OCCOCCOCCOCCOC)N(N)c3cc(O)c(OC)cc3C(=O)N2C1. The largest absolute Gasteiger partial charge is 0.504 e. The second kappa shape index (κ2) is 12.9. The number of nitrogens with two attached hydrogens (primary N) is 1. The van der Waals surface area contributed by atoms with Gasteiger partial charge in [0, 0.05) is 19.7 Å². The van der Waals surface area contributed by atoms with E-state index in [0.717, 1.165) is 5.57 Å². The topological polar surface area (TPSA) is 125 Å². The Labute approximate surface area is 199 Å². The fraction of sp³-hybridized carbons (Fsp3) is 0.609. The van der Waals surface area contributed by atoms with E-state index in [1.807, 2.05) is 0 Å². The zero-order valence-corrected chi connectivity index (χ0v) is 19.9. The molecule has 1 aromatic carbocycles. The number of methoxy groups -OCH3 is 2. The summed E-state index contributed by atoms with van der Waals surface area (Å²) in [5.74, 6) is 6.30. The first-order valence-corrected chi connectivity index (χ1v) is 11.2. The molecule has 1 aromatic rings. The number of amides is 1. The Morgan fingerprint density at radius 1 is 1.03 bits per heavy atom. The number of benzene rings is 1. The molecule has 2 aliphatic heterocycles. The maximum absolute atomic E-state index is 13.3. The van der Waals surface area contributed by atoms with Crippen LogP contribution in [0.3, 0.4) is 0 Å². The van der Waals surface area contributed by atoms with Gasteiger partial charge in [0.15, 0.2) is 17.7 Å². The minimum absolute atomic E-state index is 0.109. The molecule has 0 unspecified atom stereocenters. The Kier molecular flexibility index (Phi) is 9.93. The monoisotopic (exact) mass is 481 g/mol. The van der Waals surface area contributed by atoms with Crippen LogP contribution in [0.25, 0.3) is 0 Å². The Morgan fingerprint density at radius 3 is 2.26 bits per heavy atom. The number of fused-ring (bicyclic) bond motifs is 2. The lowest BCUT2D eigenvalue weighted by Gasteiger charge is -2.34. The van der Waals surface area contributed by atoms with Gasteiger partial charge in [0.1, 0.15) is 0 Å². The van der Waals surface area contributed by atoms with Crippen molar-refractivity contribution in [2.24, 2.45) is 5.84 Å². The Morgan fingerprint density at radius 2 is 1.65 bits per heavy atom. The summed E-state index contributed by atoms with van der Waals surface area (Å²) in [6.45, 7) is 8.02. The number of nitrogens with zero attached hydrogens (tertiary/aromatic N) is 2. The molecule has 11 nitrogen and oxygen atoms in total.